The van der Waals surface area contributed by atoms with E-state index in [9.17, 15) is 4.79 Å². The molecule has 6 nitrogen and oxygen atoms in total. The second-order valence-electron chi connectivity index (χ2n) is 6.11. The number of nitrogens with one attached hydrogen (secondary N) is 2. The SMILES string of the molecule is COC(C)(C)CNC(=NCc1ccccc1)NCC(=O)N(C)C.I. The smallest absolute Gasteiger partial charge is 0.241 e. The lowest BCUT2D eigenvalue weighted by molar-refractivity contribution is -0.127. The highest BCUT2D eigenvalue weighted by atomic mass is 127. The van der Waals surface area contributed by atoms with Crippen LogP contribution in [0.5, 0.6) is 0 Å². The van der Waals surface area contributed by atoms with Crippen molar-refractivity contribution in [1.82, 2.24) is 15.5 Å². The molecule has 1 aromatic carbocycles. The molecule has 0 heterocycles. The number of nitrogens with zero attached hydrogens (tertiary/aromatic N) is 2. The fraction of sp³-hybridized carbons (Fsp3) is 0.529. The molecule has 1 rings (SSSR count). The third kappa shape index (κ3) is 9.07. The molecule has 1 amide bonds. The van der Waals surface area contributed by atoms with Gasteiger partial charge in [0, 0.05) is 27.7 Å². The molecule has 0 bridgehead atoms. The Hall–Kier alpha value is -1.35. The van der Waals surface area contributed by atoms with Crippen LogP contribution in [0.1, 0.15) is 19.4 Å². The van der Waals surface area contributed by atoms with Gasteiger partial charge < -0.3 is 20.3 Å². The van der Waals surface area contributed by atoms with Gasteiger partial charge in [0.25, 0.3) is 0 Å². The first-order valence-electron chi connectivity index (χ1n) is 7.65. The van der Waals surface area contributed by atoms with Gasteiger partial charge in [-0.05, 0) is 19.4 Å². The van der Waals surface area contributed by atoms with E-state index in [-0.39, 0.29) is 42.0 Å². The number of hydrogen-bond donors (Lipinski definition) is 2. The molecule has 2 N–H and O–H groups in total. The van der Waals surface area contributed by atoms with Crippen molar-refractivity contribution in [2.45, 2.75) is 26.0 Å². The standard InChI is InChI=1S/C17H28N4O2.HI/c1-17(2,23-5)13-20-16(19-12-15(22)21(3)4)18-11-14-9-7-6-8-10-14;/h6-10H,11-13H2,1-5H3,(H2,18,19,20);1H. The first-order chi connectivity index (χ1) is 10.8. The van der Waals surface area contributed by atoms with Gasteiger partial charge >= 0.3 is 0 Å². The van der Waals surface area contributed by atoms with Crippen molar-refractivity contribution in [3.05, 3.63) is 35.9 Å². The molecular formula is C17H29IN4O2. The summed E-state index contributed by atoms with van der Waals surface area (Å²) in [5.41, 5.74) is 0.791. The molecule has 136 valence electrons. The zero-order chi connectivity index (χ0) is 17.3. The maximum Gasteiger partial charge on any atom is 0.241 e. The second kappa shape index (κ2) is 11.2. The summed E-state index contributed by atoms with van der Waals surface area (Å²) in [5.74, 6) is 0.583. The number of benzene rings is 1. The van der Waals surface area contributed by atoms with Crippen LogP contribution >= 0.6 is 24.0 Å². The number of methoxy groups -OCH3 is 1. The number of likely N-dealkylation sites (N-methyl/N-ethyl adjacent to an activating group) is 1. The van der Waals surface area contributed by atoms with Crippen LogP contribution in [-0.4, -0.2) is 56.7 Å². The van der Waals surface area contributed by atoms with Crippen LogP contribution in [-0.2, 0) is 16.1 Å². The predicted octanol–water partition coefficient (Wildman–Crippen LogP) is 1.85. The first-order valence-corrected chi connectivity index (χ1v) is 7.65. The van der Waals surface area contributed by atoms with E-state index >= 15 is 0 Å². The van der Waals surface area contributed by atoms with Gasteiger partial charge in [0.2, 0.25) is 5.91 Å². The molecule has 0 saturated carbocycles. The van der Waals surface area contributed by atoms with Crippen molar-refractivity contribution in [3.8, 4) is 0 Å². The number of amides is 1. The largest absolute Gasteiger partial charge is 0.377 e. The normalized spacial score (nSPS) is 11.5. The lowest BCUT2D eigenvalue weighted by Crippen LogP contribution is -2.47. The molecule has 0 atom stereocenters. The lowest BCUT2D eigenvalue weighted by Gasteiger charge is -2.24. The van der Waals surface area contributed by atoms with Gasteiger partial charge in [0.1, 0.15) is 0 Å². The van der Waals surface area contributed by atoms with Crippen molar-refractivity contribution >= 4 is 35.8 Å². The van der Waals surface area contributed by atoms with Crippen LogP contribution in [0.25, 0.3) is 0 Å². The Morgan fingerprint density at radius 1 is 1.21 bits per heavy atom. The molecule has 0 radical (unpaired) electrons. The molecule has 0 aliphatic rings. The molecule has 0 spiro atoms. The van der Waals surface area contributed by atoms with E-state index in [1.165, 1.54) is 0 Å². The molecule has 0 aliphatic heterocycles. The highest BCUT2D eigenvalue weighted by Gasteiger charge is 2.17. The lowest BCUT2D eigenvalue weighted by atomic mass is 10.1. The van der Waals surface area contributed by atoms with E-state index in [4.69, 9.17) is 4.74 Å². The van der Waals surface area contributed by atoms with E-state index < -0.39 is 0 Å². The van der Waals surface area contributed by atoms with Gasteiger partial charge in [-0.15, -0.1) is 24.0 Å². The van der Waals surface area contributed by atoms with Crippen LogP contribution in [0.2, 0.25) is 0 Å². The monoisotopic (exact) mass is 448 g/mol. The van der Waals surface area contributed by atoms with Crippen molar-refractivity contribution in [1.29, 1.82) is 0 Å². The highest BCUT2D eigenvalue weighted by molar-refractivity contribution is 14.0. The van der Waals surface area contributed by atoms with E-state index in [2.05, 4.69) is 15.6 Å². The molecule has 1 aromatic rings. The zero-order valence-electron chi connectivity index (χ0n) is 15.1. The number of rotatable bonds is 7. The third-order valence-electron chi connectivity index (χ3n) is 3.40. The highest BCUT2D eigenvalue weighted by Crippen LogP contribution is 2.05. The summed E-state index contributed by atoms with van der Waals surface area (Å²) in [4.78, 5) is 17.8. The summed E-state index contributed by atoms with van der Waals surface area (Å²) in [7, 11) is 5.13. The van der Waals surface area contributed by atoms with Crippen LogP contribution in [0.15, 0.2) is 35.3 Å². The van der Waals surface area contributed by atoms with E-state index in [0.29, 0.717) is 19.0 Å². The maximum atomic E-state index is 11.7. The van der Waals surface area contributed by atoms with E-state index in [0.717, 1.165) is 5.56 Å². The fourth-order valence-electron chi connectivity index (χ4n) is 1.61. The Bertz CT molecular complexity index is 519. The van der Waals surface area contributed by atoms with Crippen molar-refractivity contribution in [2.24, 2.45) is 4.99 Å². The summed E-state index contributed by atoms with van der Waals surface area (Å²) in [5, 5.41) is 6.28. The summed E-state index contributed by atoms with van der Waals surface area (Å²) in [6.07, 6.45) is 0. The fourth-order valence-corrected chi connectivity index (χ4v) is 1.61. The number of aliphatic imine (C=N–C) groups is 1. The number of halogens is 1. The summed E-state index contributed by atoms with van der Waals surface area (Å²) < 4.78 is 5.39. The Morgan fingerprint density at radius 2 is 1.83 bits per heavy atom. The minimum Gasteiger partial charge on any atom is -0.377 e. The quantitative estimate of drug-likeness (QED) is 0.380. The number of guanidine groups is 1. The topological polar surface area (TPSA) is 66.0 Å². The molecule has 0 aromatic heterocycles. The molecule has 0 aliphatic carbocycles. The predicted molar refractivity (Wildman–Crippen MR) is 109 cm³/mol. The number of hydrogen-bond acceptors (Lipinski definition) is 3. The Labute approximate surface area is 162 Å². The molecule has 0 unspecified atom stereocenters. The average molecular weight is 448 g/mol. The number of carbonyl (C=O) groups is 1. The van der Waals surface area contributed by atoms with Crippen molar-refractivity contribution < 1.29 is 9.53 Å². The number of carbonyl (C=O) groups excluding carboxylic acids is 1. The van der Waals surface area contributed by atoms with E-state index in [1.54, 1.807) is 26.1 Å². The van der Waals surface area contributed by atoms with Gasteiger partial charge in [0.05, 0.1) is 18.7 Å². The first kappa shape index (κ1) is 22.6. The molecule has 7 heteroatoms. The maximum absolute atomic E-state index is 11.7. The van der Waals surface area contributed by atoms with Crippen LogP contribution < -0.4 is 10.6 Å². The van der Waals surface area contributed by atoms with Crippen molar-refractivity contribution in [2.75, 3.05) is 34.3 Å². The second-order valence-corrected chi connectivity index (χ2v) is 6.11. The number of ether oxygens (including phenoxy) is 1. The van der Waals surface area contributed by atoms with E-state index in [1.807, 2.05) is 44.2 Å². The zero-order valence-corrected chi connectivity index (χ0v) is 17.5. The summed E-state index contributed by atoms with van der Waals surface area (Å²) in [6.45, 7) is 5.29. The van der Waals surface area contributed by atoms with Crippen molar-refractivity contribution in [3.63, 3.8) is 0 Å². The van der Waals surface area contributed by atoms with Gasteiger partial charge in [-0.3, -0.25) is 4.79 Å². The van der Waals surface area contributed by atoms with Crippen LogP contribution in [0.3, 0.4) is 0 Å². The Balaban J connectivity index is 0.00000529. The Morgan fingerprint density at radius 3 is 2.38 bits per heavy atom. The van der Waals surface area contributed by atoms with Gasteiger partial charge in [-0.25, -0.2) is 4.99 Å². The van der Waals surface area contributed by atoms with Gasteiger partial charge in [0.15, 0.2) is 5.96 Å². The summed E-state index contributed by atoms with van der Waals surface area (Å²) >= 11 is 0. The van der Waals surface area contributed by atoms with Crippen LogP contribution in [0, 0.1) is 0 Å². The van der Waals surface area contributed by atoms with Crippen LogP contribution in [0.4, 0.5) is 0 Å². The molecule has 0 fully saturated rings. The molecule has 24 heavy (non-hydrogen) atoms. The van der Waals surface area contributed by atoms with Gasteiger partial charge in [-0.1, -0.05) is 30.3 Å². The minimum atomic E-state index is -0.319. The Kier molecular flexibility index (Phi) is 10.6. The molecule has 0 saturated heterocycles. The average Bonchev–Trinajstić information content (AvgIpc) is 2.54. The minimum absolute atomic E-state index is 0. The van der Waals surface area contributed by atoms with Gasteiger partial charge in [-0.2, -0.15) is 0 Å². The summed E-state index contributed by atoms with van der Waals surface area (Å²) in [6, 6.07) is 9.97. The third-order valence-corrected chi connectivity index (χ3v) is 3.40. The molecular weight excluding hydrogens is 419 g/mol.